The van der Waals surface area contributed by atoms with E-state index in [2.05, 4.69) is 192 Å². The smallest absolute Gasteiger partial charge is 0.200 e. The topological polar surface area (TPSA) is 122 Å². The highest BCUT2D eigenvalue weighted by molar-refractivity contribution is 6.23. The van der Waals surface area contributed by atoms with Crippen molar-refractivity contribution in [2.75, 3.05) is 26.9 Å². The fraction of sp³-hybridized carbons (Fsp3) is 0.439. The van der Waals surface area contributed by atoms with Gasteiger partial charge in [-0.2, -0.15) is 0 Å². The predicted molar refractivity (Wildman–Crippen MR) is 495 cm³/mol. The van der Waals surface area contributed by atoms with E-state index >= 15 is 0 Å². The number of ether oxygens (including phenoxy) is 11. The maximum atomic E-state index is 9.74. The number of aliphatic hydroxyl groups excluding tert-OH is 1. The van der Waals surface area contributed by atoms with Gasteiger partial charge < -0.3 is 57.2 Å². The molecule has 0 bridgehead atoms. The zero-order valence-electron chi connectivity index (χ0n) is 75.4. The molecule has 0 amide bonds. The highest BCUT2D eigenvalue weighted by Crippen LogP contribution is 2.35. The Balaban J connectivity index is 0.000000207. The molecule has 1 fully saturated rings. The van der Waals surface area contributed by atoms with E-state index in [-0.39, 0.29) is 49.0 Å². The standard InChI is InChI=1S/C24H34O3.C23H30O2.C21H27ClO3.C20H26O2.C19H24O2/c1-6-19(5)21-8-9-23(22(15-21)16-25)27-24(7-2)26-11-10-20-13-17(3)12-18(4)14-20;1-4-17(2)20-13-14-22(18(3)15-20)25-23-12-8-11-21(24-23)16-19-9-6-5-7-10-19;1-5-21(3,22)18-8-12-20(13-9-18)25-16(2)24-15-14-17-6-10-19(23-4)11-7-17;1-4-16(2)19-10-12-20(13-11-19)22-17(3)21-15-14-18-8-6-5-7-9-18;1-4-15(2)18-10-12-19(13-11-18)21-16(3)20-14-17-8-6-5-7-9-17/h8-9,12-15,19,24-25H,6-7,10-11,16H2,1-5H3;5-7,9-10,13-15,17,21,23H,4,8,11-12,16H2,1-3H3;6-13,16H,5,14-15H2,1-4H3;5-13,16-17H,4,14-15H2,1-3H3;5-13,15-16H,4,14H2,1-3H3. The molecule has 12 nitrogen and oxygen atoms in total. The van der Waals surface area contributed by atoms with Crippen LogP contribution in [0.15, 0.2) is 243 Å². The molecule has 1 heterocycles. The first-order valence-electron chi connectivity index (χ1n) is 44.0. The summed E-state index contributed by atoms with van der Waals surface area (Å²) in [4.78, 5) is -0.334. The van der Waals surface area contributed by atoms with Crippen LogP contribution in [0.3, 0.4) is 0 Å². The number of aryl methyl sites for hydroxylation is 3. The van der Waals surface area contributed by atoms with Crippen LogP contribution in [0.1, 0.15) is 256 Å². The van der Waals surface area contributed by atoms with Crippen molar-refractivity contribution >= 4 is 11.6 Å². The van der Waals surface area contributed by atoms with Crippen LogP contribution in [0.2, 0.25) is 0 Å². The minimum absolute atomic E-state index is 0.0292. The van der Waals surface area contributed by atoms with Crippen molar-refractivity contribution in [3.05, 3.63) is 321 Å². The molecule has 10 aromatic rings. The fourth-order valence-corrected chi connectivity index (χ4v) is 13.8. The van der Waals surface area contributed by atoms with Crippen LogP contribution in [0, 0.1) is 20.8 Å². The first-order chi connectivity index (χ1) is 57.9. The number of alkyl halides is 1. The highest BCUT2D eigenvalue weighted by Gasteiger charge is 2.26. The predicted octanol–water partition coefficient (Wildman–Crippen LogP) is 27.6. The Labute approximate surface area is 726 Å². The summed E-state index contributed by atoms with van der Waals surface area (Å²) < 4.78 is 64.2. The number of methoxy groups -OCH3 is 1. The molecule has 648 valence electrons. The van der Waals surface area contributed by atoms with Gasteiger partial charge >= 0.3 is 0 Å². The van der Waals surface area contributed by atoms with E-state index in [1.165, 1.54) is 61.2 Å². The summed E-state index contributed by atoms with van der Waals surface area (Å²) in [7, 11) is 1.67. The lowest BCUT2D eigenvalue weighted by Crippen LogP contribution is -2.33. The lowest BCUT2D eigenvalue weighted by Gasteiger charge is -2.31. The molecule has 0 spiro atoms. The molecular weight excluding hydrogens is 1510 g/mol. The number of hydrogen-bond acceptors (Lipinski definition) is 12. The summed E-state index contributed by atoms with van der Waals surface area (Å²) in [5.41, 5.74) is 17.3. The average molecular weight is 1650 g/mol. The van der Waals surface area contributed by atoms with Crippen LogP contribution in [0.5, 0.6) is 34.5 Å². The molecule has 1 saturated heterocycles. The normalized spacial score (nSPS) is 15.5. The van der Waals surface area contributed by atoms with Crippen molar-refractivity contribution in [1.82, 2.24) is 0 Å². The number of rotatable bonds is 40. The molecule has 0 aliphatic carbocycles. The SMILES string of the molecule is CCC(C)(Cl)c1ccc(OC(C)OCCc2ccc(OC)cc2)cc1.CCC(C)c1ccc(OC(C)OCCc2ccccc2)cc1.CCC(C)c1ccc(OC(C)OCc2ccccc2)cc1.CCC(C)c1ccc(OC2CCCC(Cc3ccccc3)O2)c(C)c1.CCC(OCCc1cc(C)cc(C)c1)Oc1ccc(C(C)CC)cc1CO. The van der Waals surface area contributed by atoms with Gasteiger partial charge in [-0.25, -0.2) is 0 Å². The molecule has 0 aromatic heterocycles. The number of benzene rings is 10. The van der Waals surface area contributed by atoms with Gasteiger partial charge in [0.1, 0.15) is 34.5 Å². The van der Waals surface area contributed by atoms with E-state index in [9.17, 15) is 5.11 Å². The Morgan fingerprint density at radius 3 is 1.32 bits per heavy atom. The van der Waals surface area contributed by atoms with Crippen LogP contribution in [-0.2, 0) is 67.5 Å². The van der Waals surface area contributed by atoms with Crippen LogP contribution < -0.4 is 28.4 Å². The minimum atomic E-state index is -0.334. The summed E-state index contributed by atoms with van der Waals surface area (Å²) in [6.45, 7) is 38.4. The van der Waals surface area contributed by atoms with Crippen LogP contribution in [0.25, 0.3) is 0 Å². The van der Waals surface area contributed by atoms with E-state index in [0.717, 1.165) is 129 Å². The minimum Gasteiger partial charge on any atom is -0.497 e. The fourth-order valence-electron chi connectivity index (χ4n) is 13.6. The molecule has 120 heavy (non-hydrogen) atoms. The lowest BCUT2D eigenvalue weighted by molar-refractivity contribution is -0.146. The van der Waals surface area contributed by atoms with E-state index in [1.807, 2.05) is 168 Å². The molecule has 1 N–H and O–H groups in total. The summed E-state index contributed by atoms with van der Waals surface area (Å²) in [5, 5.41) is 9.74. The van der Waals surface area contributed by atoms with Gasteiger partial charge in [0, 0.05) is 18.4 Å². The largest absolute Gasteiger partial charge is 0.497 e. The quantitative estimate of drug-likeness (QED) is 0.0291. The van der Waals surface area contributed by atoms with Gasteiger partial charge in [-0.1, -0.05) is 256 Å². The van der Waals surface area contributed by atoms with Crippen molar-refractivity contribution in [3.63, 3.8) is 0 Å². The van der Waals surface area contributed by atoms with Crippen LogP contribution >= 0.6 is 11.6 Å². The second kappa shape index (κ2) is 53.7. The molecule has 13 heteroatoms. The van der Waals surface area contributed by atoms with Crippen molar-refractivity contribution in [2.24, 2.45) is 0 Å². The summed E-state index contributed by atoms with van der Waals surface area (Å²) >= 11 is 6.48. The van der Waals surface area contributed by atoms with Crippen molar-refractivity contribution in [3.8, 4) is 34.5 Å². The van der Waals surface area contributed by atoms with Gasteiger partial charge in [-0.15, -0.1) is 11.6 Å². The van der Waals surface area contributed by atoms with E-state index in [4.69, 9.17) is 63.7 Å². The number of halogens is 1. The summed E-state index contributed by atoms with van der Waals surface area (Å²) in [5.74, 6) is 7.26. The molecule has 0 saturated carbocycles. The average Bonchev–Trinajstić information content (AvgIpc) is 0.861. The Morgan fingerprint density at radius 2 is 0.842 bits per heavy atom. The molecular formula is C107H141ClO12. The van der Waals surface area contributed by atoms with Gasteiger partial charge in [0.2, 0.25) is 0 Å². The molecule has 10 aromatic carbocycles. The Morgan fingerprint density at radius 1 is 0.417 bits per heavy atom. The molecule has 11 atom stereocenters. The maximum absolute atomic E-state index is 9.74. The monoisotopic (exact) mass is 1650 g/mol. The van der Waals surface area contributed by atoms with E-state index in [0.29, 0.717) is 55.8 Å². The Hall–Kier alpha value is -8.95. The first kappa shape index (κ1) is 98.2. The zero-order chi connectivity index (χ0) is 86.6. The van der Waals surface area contributed by atoms with Gasteiger partial charge in [-0.05, 0) is 271 Å². The Kier molecular flexibility index (Phi) is 44.0. The van der Waals surface area contributed by atoms with E-state index < -0.39 is 0 Å². The second-order valence-corrected chi connectivity index (χ2v) is 32.8. The molecule has 11 rings (SSSR count). The Bertz CT molecular complexity index is 4370. The van der Waals surface area contributed by atoms with Crippen LogP contribution in [0.4, 0.5) is 0 Å². The number of aliphatic hydroxyl groups is 1. The lowest BCUT2D eigenvalue weighted by atomic mass is 9.96. The molecule has 11 unspecified atom stereocenters. The van der Waals surface area contributed by atoms with Gasteiger partial charge in [0.05, 0.1) is 51.1 Å². The highest BCUT2D eigenvalue weighted by atomic mass is 35.5. The van der Waals surface area contributed by atoms with Crippen LogP contribution in [-0.4, -0.2) is 69.6 Å². The molecule has 0 radical (unpaired) electrons. The van der Waals surface area contributed by atoms with Crippen molar-refractivity contribution in [2.45, 2.75) is 280 Å². The summed E-state index contributed by atoms with van der Waals surface area (Å²) in [6, 6.07) is 82.8. The zero-order valence-corrected chi connectivity index (χ0v) is 76.2. The van der Waals surface area contributed by atoms with Crippen molar-refractivity contribution in [1.29, 1.82) is 0 Å². The third-order valence-corrected chi connectivity index (χ3v) is 22.7. The first-order valence-corrected chi connectivity index (χ1v) is 44.4. The third kappa shape index (κ3) is 35.6. The van der Waals surface area contributed by atoms with E-state index in [1.54, 1.807) is 7.11 Å². The molecule has 1 aliphatic rings. The third-order valence-electron chi connectivity index (χ3n) is 22.2. The second-order valence-electron chi connectivity index (χ2n) is 31.9. The van der Waals surface area contributed by atoms with Gasteiger partial charge in [0.25, 0.3) is 0 Å². The van der Waals surface area contributed by atoms with Gasteiger partial charge in [0.15, 0.2) is 31.5 Å². The molecule has 1 aliphatic heterocycles. The van der Waals surface area contributed by atoms with Gasteiger partial charge in [-0.3, -0.25) is 0 Å². The summed E-state index contributed by atoms with van der Waals surface area (Å²) in [6.07, 6.45) is 12.0. The number of hydrogen-bond donors (Lipinski definition) is 1. The van der Waals surface area contributed by atoms with Crippen molar-refractivity contribution < 1.29 is 57.2 Å². The maximum Gasteiger partial charge on any atom is 0.200 e.